The molecule has 0 amide bonds. The number of benzene rings is 3. The summed E-state index contributed by atoms with van der Waals surface area (Å²) >= 11 is 0. The Kier molecular flexibility index (Phi) is 4.13. The Labute approximate surface area is 147 Å². The number of aryl methyl sites for hydroxylation is 1. The minimum Gasteiger partial charge on any atom is -0.197 e. The lowest BCUT2D eigenvalue weighted by Gasteiger charge is -2.05. The summed E-state index contributed by atoms with van der Waals surface area (Å²) in [6, 6.07) is 27.3. The van der Waals surface area contributed by atoms with Crippen LogP contribution in [-0.4, -0.2) is 15.4 Å². The van der Waals surface area contributed by atoms with E-state index in [1.807, 2.05) is 6.07 Å². The molecule has 0 bridgehead atoms. The van der Waals surface area contributed by atoms with Gasteiger partial charge in [0.15, 0.2) is 0 Å². The highest BCUT2D eigenvalue weighted by atomic mass is 15.3. The highest BCUT2D eigenvalue weighted by molar-refractivity contribution is 5.79. The second-order valence-corrected chi connectivity index (χ2v) is 6.01. The number of aromatic amines is 1. The van der Waals surface area contributed by atoms with Crippen LogP contribution in [0.1, 0.15) is 12.5 Å². The largest absolute Gasteiger partial charge is 0.197 e. The lowest BCUT2D eigenvalue weighted by molar-refractivity contribution is 0.944. The molecule has 122 valence electrons. The topological polar surface area (TPSA) is 41.6 Å². The third kappa shape index (κ3) is 3.09. The van der Waals surface area contributed by atoms with Gasteiger partial charge in [-0.3, -0.25) is 0 Å². The minimum absolute atomic E-state index is 0.879. The molecule has 4 rings (SSSR count). The maximum Gasteiger partial charge on any atom is 0.120 e. The molecule has 25 heavy (non-hydrogen) atoms. The lowest BCUT2D eigenvalue weighted by atomic mass is 10.00. The fraction of sp³-hybridized carbons (Fsp3) is 0.0909. The molecular weight excluding hydrogens is 306 g/mol. The smallest absolute Gasteiger partial charge is 0.120 e. The van der Waals surface area contributed by atoms with Gasteiger partial charge in [0.25, 0.3) is 0 Å². The highest BCUT2D eigenvalue weighted by Crippen LogP contribution is 2.30. The first-order valence-electron chi connectivity index (χ1n) is 8.51. The lowest BCUT2D eigenvalue weighted by Crippen LogP contribution is -1.86. The normalized spacial score (nSPS) is 10.8. The molecule has 0 unspecified atom stereocenters. The van der Waals surface area contributed by atoms with E-state index >= 15 is 0 Å². The van der Waals surface area contributed by atoms with E-state index in [2.05, 4.69) is 95.1 Å². The Bertz CT molecular complexity index is 952. The molecule has 0 spiro atoms. The first kappa shape index (κ1) is 15.3. The van der Waals surface area contributed by atoms with E-state index in [0.29, 0.717) is 0 Å². The van der Waals surface area contributed by atoms with Crippen molar-refractivity contribution >= 4 is 0 Å². The van der Waals surface area contributed by atoms with Gasteiger partial charge in [0.05, 0.1) is 0 Å². The number of aromatic nitrogens is 3. The molecule has 3 nitrogen and oxygen atoms in total. The molecule has 3 aromatic carbocycles. The monoisotopic (exact) mass is 325 g/mol. The number of nitrogens with zero attached hydrogens (tertiary/aromatic N) is 2. The van der Waals surface area contributed by atoms with Gasteiger partial charge in [-0.2, -0.15) is 15.4 Å². The third-order valence-corrected chi connectivity index (χ3v) is 4.45. The fourth-order valence-corrected chi connectivity index (χ4v) is 2.98. The van der Waals surface area contributed by atoms with E-state index in [9.17, 15) is 0 Å². The van der Waals surface area contributed by atoms with Crippen molar-refractivity contribution in [3.63, 3.8) is 0 Å². The predicted molar refractivity (Wildman–Crippen MR) is 102 cm³/mol. The number of hydrogen-bond acceptors (Lipinski definition) is 2. The Balaban J connectivity index is 1.68. The Morgan fingerprint density at radius 2 is 1.08 bits per heavy atom. The summed E-state index contributed by atoms with van der Waals surface area (Å²) in [4.78, 5) is 0. The maximum absolute atomic E-state index is 4.37. The summed E-state index contributed by atoms with van der Waals surface area (Å²) in [6.07, 6.45) is 1.03. The van der Waals surface area contributed by atoms with Gasteiger partial charge >= 0.3 is 0 Å². The summed E-state index contributed by atoms with van der Waals surface area (Å²) in [5.41, 5.74) is 7.63. The number of nitrogens with one attached hydrogen (secondary N) is 1. The van der Waals surface area contributed by atoms with Crippen LogP contribution in [0.3, 0.4) is 0 Å². The molecule has 1 N–H and O–H groups in total. The zero-order valence-corrected chi connectivity index (χ0v) is 14.1. The zero-order valence-electron chi connectivity index (χ0n) is 14.1. The van der Waals surface area contributed by atoms with Crippen molar-refractivity contribution in [2.45, 2.75) is 13.3 Å². The second-order valence-electron chi connectivity index (χ2n) is 6.01. The van der Waals surface area contributed by atoms with E-state index in [-0.39, 0.29) is 0 Å². The second kappa shape index (κ2) is 6.73. The van der Waals surface area contributed by atoms with E-state index < -0.39 is 0 Å². The molecule has 0 aliphatic carbocycles. The summed E-state index contributed by atoms with van der Waals surface area (Å²) in [5, 5.41) is 11.5. The van der Waals surface area contributed by atoms with Crippen LogP contribution >= 0.6 is 0 Å². The first-order chi connectivity index (χ1) is 12.3. The average Bonchev–Trinajstić information content (AvgIpc) is 3.19. The van der Waals surface area contributed by atoms with Crippen molar-refractivity contribution in [2.75, 3.05) is 0 Å². The van der Waals surface area contributed by atoms with Gasteiger partial charge in [-0.05, 0) is 23.1 Å². The van der Waals surface area contributed by atoms with Gasteiger partial charge in [-0.25, -0.2) is 0 Å². The molecular formula is C22H19N3. The van der Waals surface area contributed by atoms with Crippen molar-refractivity contribution in [3.05, 3.63) is 84.4 Å². The van der Waals surface area contributed by atoms with Gasteiger partial charge in [-0.1, -0.05) is 85.8 Å². The quantitative estimate of drug-likeness (QED) is 0.548. The molecule has 0 fully saturated rings. The Morgan fingerprint density at radius 1 is 0.600 bits per heavy atom. The van der Waals surface area contributed by atoms with Crippen molar-refractivity contribution < 1.29 is 0 Å². The Morgan fingerprint density at radius 3 is 1.64 bits per heavy atom. The van der Waals surface area contributed by atoms with E-state index in [4.69, 9.17) is 0 Å². The molecule has 0 saturated heterocycles. The molecule has 0 saturated carbocycles. The molecule has 3 heteroatoms. The zero-order chi connectivity index (χ0) is 17.1. The standard InChI is InChI=1S/C22H19N3/c1-2-16-8-10-19(11-9-16)21-22(24-25-23-21)20-14-12-18(13-15-20)17-6-4-3-5-7-17/h3-15H,2H2,1H3,(H,23,24,25). The number of H-pyrrole nitrogens is 1. The van der Waals surface area contributed by atoms with Gasteiger partial charge < -0.3 is 0 Å². The van der Waals surface area contributed by atoms with Crippen LogP contribution in [0.2, 0.25) is 0 Å². The van der Waals surface area contributed by atoms with Gasteiger partial charge in [0.2, 0.25) is 0 Å². The van der Waals surface area contributed by atoms with Crippen molar-refractivity contribution in [3.8, 4) is 33.6 Å². The van der Waals surface area contributed by atoms with Crippen LogP contribution in [0.15, 0.2) is 78.9 Å². The molecule has 4 aromatic rings. The molecule has 0 aliphatic heterocycles. The molecule has 1 aromatic heterocycles. The molecule has 0 aliphatic rings. The Hall–Kier alpha value is -3.20. The van der Waals surface area contributed by atoms with Gasteiger partial charge in [0.1, 0.15) is 11.4 Å². The summed E-state index contributed by atoms with van der Waals surface area (Å²) in [6.45, 7) is 2.16. The fourth-order valence-electron chi connectivity index (χ4n) is 2.98. The minimum atomic E-state index is 0.879. The van der Waals surface area contributed by atoms with Crippen molar-refractivity contribution in [1.82, 2.24) is 15.4 Å². The first-order valence-corrected chi connectivity index (χ1v) is 8.51. The van der Waals surface area contributed by atoms with Gasteiger partial charge in [0, 0.05) is 11.1 Å². The summed E-state index contributed by atoms with van der Waals surface area (Å²) in [7, 11) is 0. The van der Waals surface area contributed by atoms with E-state index in [1.54, 1.807) is 0 Å². The van der Waals surface area contributed by atoms with Crippen LogP contribution < -0.4 is 0 Å². The maximum atomic E-state index is 4.37. The van der Waals surface area contributed by atoms with Crippen LogP contribution in [0.4, 0.5) is 0 Å². The number of hydrogen-bond donors (Lipinski definition) is 1. The summed E-state index contributed by atoms with van der Waals surface area (Å²) < 4.78 is 0. The van der Waals surface area contributed by atoms with Crippen molar-refractivity contribution in [2.24, 2.45) is 0 Å². The molecule has 0 atom stereocenters. The SMILES string of the molecule is CCc1ccc(-c2n[nH]nc2-c2ccc(-c3ccccc3)cc2)cc1. The van der Waals surface area contributed by atoms with Crippen LogP contribution in [0.5, 0.6) is 0 Å². The van der Waals surface area contributed by atoms with E-state index in [1.165, 1.54) is 16.7 Å². The van der Waals surface area contributed by atoms with Gasteiger partial charge in [-0.15, -0.1) is 0 Å². The molecule has 1 heterocycles. The van der Waals surface area contributed by atoms with Crippen molar-refractivity contribution in [1.29, 1.82) is 0 Å². The third-order valence-electron chi connectivity index (χ3n) is 4.45. The van der Waals surface area contributed by atoms with Crippen LogP contribution in [0, 0.1) is 0 Å². The van der Waals surface area contributed by atoms with Crippen LogP contribution in [0.25, 0.3) is 33.6 Å². The number of rotatable bonds is 4. The summed E-state index contributed by atoms with van der Waals surface area (Å²) in [5.74, 6) is 0. The van der Waals surface area contributed by atoms with Crippen LogP contribution in [-0.2, 0) is 6.42 Å². The predicted octanol–water partition coefficient (Wildman–Crippen LogP) is 5.37. The average molecular weight is 325 g/mol. The van der Waals surface area contributed by atoms with E-state index in [0.717, 1.165) is 28.9 Å². The molecule has 0 radical (unpaired) electrons. The highest BCUT2D eigenvalue weighted by Gasteiger charge is 2.12.